The molecule has 1 aliphatic rings. The maximum absolute atomic E-state index is 4.94. The van der Waals surface area contributed by atoms with Crippen LogP contribution in [0.15, 0.2) is 0 Å². The Kier molecular flexibility index (Phi) is 1.67. The largest absolute Gasteiger partial charge is 0.364 e. The van der Waals surface area contributed by atoms with Gasteiger partial charge in [0.1, 0.15) is 0 Å². The fourth-order valence-electron chi connectivity index (χ4n) is 0.371. The SMILES string of the molecule is IC1COCN1. The van der Waals surface area contributed by atoms with Crippen molar-refractivity contribution < 1.29 is 4.74 Å². The van der Waals surface area contributed by atoms with Crippen LogP contribution in [0, 0.1) is 0 Å². The smallest absolute Gasteiger partial charge is 0.0975 e. The fourth-order valence-corrected chi connectivity index (χ4v) is 0.805. The number of rotatable bonds is 0. The maximum atomic E-state index is 4.94. The minimum Gasteiger partial charge on any atom is -0.364 e. The standard InChI is InChI=1S/C3H6INO/c4-3-1-6-2-5-3/h3,5H,1-2H2. The molecule has 0 aromatic rings. The quantitative estimate of drug-likeness (QED) is 0.344. The zero-order valence-corrected chi connectivity index (χ0v) is 5.44. The van der Waals surface area contributed by atoms with Gasteiger partial charge in [0.25, 0.3) is 0 Å². The normalized spacial score (nSPS) is 34.5. The van der Waals surface area contributed by atoms with Crippen molar-refractivity contribution in [3.8, 4) is 0 Å². The van der Waals surface area contributed by atoms with Gasteiger partial charge in [-0.1, -0.05) is 22.6 Å². The Morgan fingerprint density at radius 3 is 2.83 bits per heavy atom. The van der Waals surface area contributed by atoms with E-state index in [1.54, 1.807) is 0 Å². The lowest BCUT2D eigenvalue weighted by molar-refractivity contribution is 0.194. The number of hydrogen-bond acceptors (Lipinski definition) is 2. The molecule has 3 heteroatoms. The third kappa shape index (κ3) is 1.06. The highest BCUT2D eigenvalue weighted by molar-refractivity contribution is 14.1. The summed E-state index contributed by atoms with van der Waals surface area (Å²) in [4.78, 5) is 0. The number of alkyl halides is 1. The molecular weight excluding hydrogens is 193 g/mol. The minimum absolute atomic E-state index is 0.544. The highest BCUT2D eigenvalue weighted by Crippen LogP contribution is 2.00. The highest BCUT2D eigenvalue weighted by Gasteiger charge is 2.07. The van der Waals surface area contributed by atoms with E-state index in [0.717, 1.165) is 13.3 Å². The van der Waals surface area contributed by atoms with Gasteiger partial charge < -0.3 is 4.74 Å². The molecule has 1 heterocycles. The molecule has 1 rings (SSSR count). The van der Waals surface area contributed by atoms with Crippen molar-refractivity contribution in [3.05, 3.63) is 0 Å². The number of nitrogens with one attached hydrogen (secondary N) is 1. The summed E-state index contributed by atoms with van der Waals surface area (Å²) in [5.41, 5.74) is 0. The summed E-state index contributed by atoms with van der Waals surface area (Å²) in [5.74, 6) is 0. The lowest BCUT2D eigenvalue weighted by Gasteiger charge is -1.89. The Bertz CT molecular complexity index is 44.1. The molecule has 36 valence electrons. The lowest BCUT2D eigenvalue weighted by atomic mass is 10.7. The van der Waals surface area contributed by atoms with Gasteiger partial charge in [0.05, 0.1) is 17.4 Å². The van der Waals surface area contributed by atoms with Gasteiger partial charge >= 0.3 is 0 Å². The molecule has 6 heavy (non-hydrogen) atoms. The summed E-state index contributed by atoms with van der Waals surface area (Å²) in [7, 11) is 0. The van der Waals surface area contributed by atoms with Gasteiger partial charge in [-0.3, -0.25) is 5.32 Å². The van der Waals surface area contributed by atoms with E-state index in [0.29, 0.717) is 4.05 Å². The molecule has 0 spiro atoms. The predicted octanol–water partition coefficient (Wildman–Crippen LogP) is 0.325. The van der Waals surface area contributed by atoms with Gasteiger partial charge in [-0.05, 0) is 0 Å². The van der Waals surface area contributed by atoms with Gasteiger partial charge in [0.2, 0.25) is 0 Å². The minimum atomic E-state index is 0.544. The van der Waals surface area contributed by atoms with Crippen LogP contribution >= 0.6 is 22.6 Å². The molecule has 0 saturated carbocycles. The van der Waals surface area contributed by atoms with Crippen LogP contribution < -0.4 is 5.32 Å². The van der Waals surface area contributed by atoms with Crippen LogP contribution in [0.2, 0.25) is 0 Å². The van der Waals surface area contributed by atoms with Crippen molar-refractivity contribution in [1.29, 1.82) is 0 Å². The van der Waals surface area contributed by atoms with Crippen molar-refractivity contribution in [3.63, 3.8) is 0 Å². The molecule has 1 N–H and O–H groups in total. The van der Waals surface area contributed by atoms with E-state index >= 15 is 0 Å². The first kappa shape index (κ1) is 4.80. The van der Waals surface area contributed by atoms with E-state index in [-0.39, 0.29) is 0 Å². The van der Waals surface area contributed by atoms with E-state index in [1.165, 1.54) is 0 Å². The van der Waals surface area contributed by atoms with Gasteiger partial charge in [0.15, 0.2) is 0 Å². The third-order valence-corrected chi connectivity index (χ3v) is 1.47. The molecule has 0 amide bonds. The lowest BCUT2D eigenvalue weighted by Crippen LogP contribution is -2.14. The van der Waals surface area contributed by atoms with E-state index < -0.39 is 0 Å². The van der Waals surface area contributed by atoms with Crippen LogP contribution in [0.5, 0.6) is 0 Å². The Labute approximate surface area is 50.4 Å². The van der Waals surface area contributed by atoms with Crippen molar-refractivity contribution in [2.75, 3.05) is 13.3 Å². The Hall–Kier alpha value is 0.650. The molecule has 0 aromatic carbocycles. The maximum Gasteiger partial charge on any atom is 0.0975 e. The molecule has 1 aliphatic heterocycles. The number of hydrogen-bond donors (Lipinski definition) is 1. The van der Waals surface area contributed by atoms with Crippen LogP contribution in [0.3, 0.4) is 0 Å². The van der Waals surface area contributed by atoms with E-state index in [4.69, 9.17) is 4.74 Å². The van der Waals surface area contributed by atoms with Crippen LogP contribution in [0.25, 0.3) is 0 Å². The Morgan fingerprint density at radius 1 is 1.83 bits per heavy atom. The monoisotopic (exact) mass is 199 g/mol. The van der Waals surface area contributed by atoms with Crippen molar-refractivity contribution in [1.82, 2.24) is 5.32 Å². The summed E-state index contributed by atoms with van der Waals surface area (Å²) in [6.07, 6.45) is 0. The van der Waals surface area contributed by atoms with Gasteiger partial charge in [0, 0.05) is 0 Å². The van der Waals surface area contributed by atoms with Gasteiger partial charge in [-0.25, -0.2) is 0 Å². The summed E-state index contributed by atoms with van der Waals surface area (Å²) < 4.78 is 5.48. The second-order valence-corrected chi connectivity index (χ2v) is 2.69. The first-order valence-corrected chi connectivity index (χ1v) is 3.09. The highest BCUT2D eigenvalue weighted by atomic mass is 127. The summed E-state index contributed by atoms with van der Waals surface area (Å²) in [5, 5.41) is 3.08. The van der Waals surface area contributed by atoms with Crippen LogP contribution in [-0.4, -0.2) is 17.4 Å². The van der Waals surface area contributed by atoms with E-state index in [1.807, 2.05) is 0 Å². The Morgan fingerprint density at radius 2 is 2.67 bits per heavy atom. The zero-order valence-electron chi connectivity index (χ0n) is 3.28. The molecular formula is C3H6INO. The summed E-state index contributed by atoms with van der Waals surface area (Å²) in [6.45, 7) is 1.59. The molecule has 1 fully saturated rings. The van der Waals surface area contributed by atoms with Crippen LogP contribution in [0.4, 0.5) is 0 Å². The predicted molar refractivity (Wildman–Crippen MR) is 31.8 cm³/mol. The zero-order chi connectivity index (χ0) is 4.41. The van der Waals surface area contributed by atoms with Crippen molar-refractivity contribution in [2.45, 2.75) is 4.05 Å². The van der Waals surface area contributed by atoms with Crippen molar-refractivity contribution >= 4 is 22.6 Å². The first-order valence-electron chi connectivity index (χ1n) is 1.85. The summed E-state index contributed by atoms with van der Waals surface area (Å²) >= 11 is 2.30. The molecule has 1 saturated heterocycles. The second kappa shape index (κ2) is 2.09. The Balaban J connectivity index is 2.18. The number of halogens is 1. The summed E-state index contributed by atoms with van der Waals surface area (Å²) in [6, 6.07) is 0. The first-order chi connectivity index (χ1) is 2.89. The molecule has 2 nitrogen and oxygen atoms in total. The average molecular weight is 199 g/mol. The van der Waals surface area contributed by atoms with Crippen molar-refractivity contribution in [2.24, 2.45) is 0 Å². The second-order valence-electron chi connectivity index (χ2n) is 1.19. The van der Waals surface area contributed by atoms with Gasteiger partial charge in [-0.15, -0.1) is 0 Å². The topological polar surface area (TPSA) is 21.3 Å². The number of ether oxygens (including phenoxy) is 1. The molecule has 0 aromatic heterocycles. The average Bonchev–Trinajstić information content (AvgIpc) is 1.86. The molecule has 0 bridgehead atoms. The molecule has 0 aliphatic carbocycles. The fraction of sp³-hybridized carbons (Fsp3) is 1.00. The van der Waals surface area contributed by atoms with Crippen LogP contribution in [0.1, 0.15) is 0 Å². The third-order valence-electron chi connectivity index (χ3n) is 0.671. The van der Waals surface area contributed by atoms with E-state index in [9.17, 15) is 0 Å². The molecule has 0 radical (unpaired) electrons. The van der Waals surface area contributed by atoms with Gasteiger partial charge in [-0.2, -0.15) is 0 Å². The molecule has 1 unspecified atom stereocenters. The molecule has 1 atom stereocenters. The van der Waals surface area contributed by atoms with E-state index in [2.05, 4.69) is 27.9 Å². The van der Waals surface area contributed by atoms with Crippen LogP contribution in [-0.2, 0) is 4.74 Å².